The summed E-state index contributed by atoms with van der Waals surface area (Å²) < 4.78 is 64.1. The lowest BCUT2D eigenvalue weighted by Crippen LogP contribution is -2.50. The molecule has 1 aromatic carbocycles. The molecular formula is C23H33F3N4O5S. The molecule has 1 rings (SSSR count). The molecule has 0 aromatic heterocycles. The van der Waals surface area contributed by atoms with Crippen LogP contribution in [0.25, 0.3) is 0 Å². The maximum Gasteiger partial charge on any atom is 0.471 e. The van der Waals surface area contributed by atoms with E-state index in [1.54, 1.807) is 12.4 Å². The van der Waals surface area contributed by atoms with Crippen LogP contribution in [0.2, 0.25) is 0 Å². The summed E-state index contributed by atoms with van der Waals surface area (Å²) in [6.45, 7) is 8.83. The molecule has 1 aromatic rings. The molecule has 13 heteroatoms. The second-order valence-corrected chi connectivity index (χ2v) is 10.5. The number of sulfonamides is 1. The van der Waals surface area contributed by atoms with Gasteiger partial charge in [0.1, 0.15) is 0 Å². The van der Waals surface area contributed by atoms with Crippen LogP contribution >= 0.6 is 0 Å². The maximum atomic E-state index is 12.8. The first-order valence-electron chi connectivity index (χ1n) is 11.2. The summed E-state index contributed by atoms with van der Waals surface area (Å²) in [6.07, 6.45) is -2.92. The summed E-state index contributed by atoms with van der Waals surface area (Å²) in [4.78, 5) is 37.4. The predicted molar refractivity (Wildman–Crippen MR) is 129 cm³/mol. The van der Waals surface area contributed by atoms with Gasteiger partial charge in [0.15, 0.2) is 0 Å². The van der Waals surface area contributed by atoms with Crippen molar-refractivity contribution in [2.45, 2.75) is 64.2 Å². The van der Waals surface area contributed by atoms with Gasteiger partial charge in [0.2, 0.25) is 5.91 Å². The van der Waals surface area contributed by atoms with Gasteiger partial charge < -0.3 is 16.0 Å². The van der Waals surface area contributed by atoms with Gasteiger partial charge in [-0.2, -0.15) is 13.2 Å². The number of nitrogens with one attached hydrogen (secondary N) is 2. The van der Waals surface area contributed by atoms with Gasteiger partial charge in [-0.15, -0.1) is 0 Å². The quantitative estimate of drug-likeness (QED) is 0.395. The van der Waals surface area contributed by atoms with Crippen LogP contribution in [0.15, 0.2) is 40.8 Å². The highest BCUT2D eigenvalue weighted by Gasteiger charge is 2.38. The third-order valence-electron chi connectivity index (χ3n) is 5.71. The average molecular weight is 535 g/mol. The first kappa shape index (κ1) is 31.1. The van der Waals surface area contributed by atoms with Gasteiger partial charge in [-0.05, 0) is 43.0 Å². The Morgan fingerprint density at radius 2 is 1.64 bits per heavy atom. The largest absolute Gasteiger partial charge is 0.471 e. The minimum Gasteiger partial charge on any atom is -0.338 e. The van der Waals surface area contributed by atoms with Gasteiger partial charge in [-0.1, -0.05) is 40.2 Å². The van der Waals surface area contributed by atoms with E-state index in [4.69, 9.17) is 5.73 Å². The number of alkyl halides is 3. The molecule has 9 nitrogen and oxygen atoms in total. The summed E-state index contributed by atoms with van der Waals surface area (Å²) >= 11 is 0. The zero-order chi connectivity index (χ0) is 28.0. The Kier molecular flexibility index (Phi) is 10.7. The molecule has 3 amide bonds. The van der Waals surface area contributed by atoms with Gasteiger partial charge in [-0.25, -0.2) is 13.1 Å². The van der Waals surface area contributed by atoms with Crippen molar-refractivity contribution in [3.05, 3.63) is 35.9 Å². The Morgan fingerprint density at radius 3 is 2.08 bits per heavy atom. The fourth-order valence-electron chi connectivity index (χ4n) is 3.14. The Labute approximate surface area is 209 Å². The minimum atomic E-state index is -5.10. The molecular weight excluding hydrogens is 501 g/mol. The first-order valence-corrected chi connectivity index (χ1v) is 12.7. The lowest BCUT2D eigenvalue weighted by Gasteiger charge is -2.32. The molecule has 4 N–H and O–H groups in total. The summed E-state index contributed by atoms with van der Waals surface area (Å²) in [5.74, 6) is -3.64. The third kappa shape index (κ3) is 8.33. The normalized spacial score (nSPS) is 15.1. The number of rotatable bonds is 10. The van der Waals surface area contributed by atoms with Crippen molar-refractivity contribution in [3.63, 3.8) is 0 Å². The molecule has 36 heavy (non-hydrogen) atoms. The second kappa shape index (κ2) is 12.3. The summed E-state index contributed by atoms with van der Waals surface area (Å²) in [6, 6.07) is 2.54. The van der Waals surface area contributed by atoms with E-state index in [9.17, 15) is 36.0 Å². The van der Waals surface area contributed by atoms with Crippen molar-refractivity contribution in [1.82, 2.24) is 9.62 Å². The van der Waals surface area contributed by atoms with Crippen LogP contribution in [0.5, 0.6) is 0 Å². The Bertz CT molecular complexity index is 1090. The number of amides is 3. The van der Waals surface area contributed by atoms with E-state index in [1.807, 2.05) is 32.4 Å². The van der Waals surface area contributed by atoms with Gasteiger partial charge in [0.05, 0.1) is 17.0 Å². The molecule has 0 heterocycles. The van der Waals surface area contributed by atoms with Crippen molar-refractivity contribution in [2.24, 2.45) is 17.6 Å². The van der Waals surface area contributed by atoms with E-state index in [0.717, 1.165) is 24.3 Å². The molecule has 0 saturated carbocycles. The molecule has 0 bridgehead atoms. The van der Waals surface area contributed by atoms with Crippen molar-refractivity contribution in [3.8, 4) is 0 Å². The molecule has 0 aliphatic heterocycles. The number of nitrogens with zero attached hydrogens (tertiary/aromatic N) is 1. The topological polar surface area (TPSA) is 139 Å². The Balaban J connectivity index is 3.04. The Morgan fingerprint density at radius 1 is 1.11 bits per heavy atom. The van der Waals surface area contributed by atoms with E-state index in [0.29, 0.717) is 6.42 Å². The van der Waals surface area contributed by atoms with E-state index < -0.39 is 45.0 Å². The van der Waals surface area contributed by atoms with Gasteiger partial charge in [0.25, 0.3) is 15.9 Å². The summed E-state index contributed by atoms with van der Waals surface area (Å²) in [5.41, 5.74) is 5.81. The fourth-order valence-corrected chi connectivity index (χ4v) is 4.16. The zero-order valence-corrected chi connectivity index (χ0v) is 21.8. The molecule has 0 saturated heterocycles. The van der Waals surface area contributed by atoms with E-state index in [-0.39, 0.29) is 29.0 Å². The van der Waals surface area contributed by atoms with Crippen molar-refractivity contribution in [1.29, 1.82) is 0 Å². The van der Waals surface area contributed by atoms with E-state index >= 15 is 0 Å². The summed E-state index contributed by atoms with van der Waals surface area (Å²) in [7, 11) is -2.81. The van der Waals surface area contributed by atoms with Crippen LogP contribution in [-0.4, -0.2) is 56.3 Å². The molecule has 3 atom stereocenters. The number of hydrogen-bond acceptors (Lipinski definition) is 6. The van der Waals surface area contributed by atoms with Crippen molar-refractivity contribution >= 4 is 33.4 Å². The second-order valence-electron chi connectivity index (χ2n) is 8.86. The molecule has 0 aliphatic rings. The lowest BCUT2D eigenvalue weighted by atomic mass is 9.95. The first-order chi connectivity index (χ1) is 16.4. The molecule has 0 radical (unpaired) electrons. The number of anilines is 1. The van der Waals surface area contributed by atoms with Gasteiger partial charge >= 0.3 is 12.1 Å². The van der Waals surface area contributed by atoms with Gasteiger partial charge in [-0.3, -0.25) is 14.4 Å². The van der Waals surface area contributed by atoms with E-state index in [2.05, 4.69) is 0 Å². The maximum absolute atomic E-state index is 12.8. The number of likely N-dealkylation sites (N-methyl/N-ethyl adjacent to an activating group) is 1. The van der Waals surface area contributed by atoms with Crippen molar-refractivity contribution in [2.75, 3.05) is 12.4 Å². The van der Waals surface area contributed by atoms with Crippen LogP contribution in [-0.2, 0) is 24.4 Å². The average Bonchev–Trinajstić information content (AvgIpc) is 2.79. The third-order valence-corrected chi connectivity index (χ3v) is 7.05. The highest BCUT2D eigenvalue weighted by molar-refractivity contribution is 7.90. The highest BCUT2D eigenvalue weighted by atomic mass is 32.2. The number of benzene rings is 1. The smallest absolute Gasteiger partial charge is 0.338 e. The molecule has 0 fully saturated rings. The number of carbonyl (C=O) groups is 3. The number of carbonyl (C=O) groups excluding carboxylic acids is 3. The monoisotopic (exact) mass is 534 g/mol. The zero-order valence-electron chi connectivity index (χ0n) is 21.0. The highest BCUT2D eigenvalue weighted by Crippen LogP contribution is 2.20. The van der Waals surface area contributed by atoms with Crippen molar-refractivity contribution < 1.29 is 36.0 Å². The predicted octanol–water partition coefficient (Wildman–Crippen LogP) is 2.80. The molecule has 0 aliphatic carbocycles. The minimum absolute atomic E-state index is 0.0306. The standard InChI is InChI=1S/C23H33F3N4O5S/c1-7-14(4)19(27)21(32)30(6)18(13(2)3)12-15(5)20(31)29-36(34,35)17-10-8-16(9-11-17)28-22(33)23(24,25)26/h8-14,18-19H,7,27H2,1-6H3,(H,28,33)(H,29,31)/b15-12+/t14-,18+,19?/m0/s1. The van der Waals surface area contributed by atoms with Crippen LogP contribution < -0.4 is 15.8 Å². The molecule has 0 spiro atoms. The van der Waals surface area contributed by atoms with E-state index in [1.165, 1.54) is 17.9 Å². The fraction of sp³-hybridized carbons (Fsp3) is 0.522. The number of halogens is 3. The van der Waals surface area contributed by atoms with Crippen LogP contribution in [0.3, 0.4) is 0 Å². The van der Waals surface area contributed by atoms with Crippen LogP contribution in [0.4, 0.5) is 18.9 Å². The lowest BCUT2D eigenvalue weighted by molar-refractivity contribution is -0.167. The van der Waals surface area contributed by atoms with Crippen LogP contribution in [0, 0.1) is 11.8 Å². The molecule has 202 valence electrons. The number of hydrogen-bond donors (Lipinski definition) is 3. The summed E-state index contributed by atoms with van der Waals surface area (Å²) in [5, 5.41) is 1.59. The number of nitrogens with two attached hydrogens (primary N) is 1. The molecule has 1 unspecified atom stereocenters. The SMILES string of the molecule is CC[C@H](C)C(N)C(=O)N(C)[C@H](/C=C(\C)C(=O)NS(=O)(=O)c1ccc(NC(=O)C(F)(F)F)cc1)C(C)C. The Hall–Kier alpha value is -2.93. The van der Waals surface area contributed by atoms with Crippen LogP contribution in [0.1, 0.15) is 41.0 Å². The van der Waals surface area contributed by atoms with Gasteiger partial charge in [0, 0.05) is 18.3 Å².